The molecule has 4 aromatic rings. The second-order valence-corrected chi connectivity index (χ2v) is 6.88. The molecule has 29 heavy (non-hydrogen) atoms. The molecule has 3 aromatic carbocycles. The molecule has 0 unspecified atom stereocenters. The van der Waals surface area contributed by atoms with E-state index in [0.717, 1.165) is 16.5 Å². The van der Waals surface area contributed by atoms with Gasteiger partial charge in [-0.3, -0.25) is 4.79 Å². The molecule has 0 radical (unpaired) electrons. The second kappa shape index (κ2) is 7.28. The van der Waals surface area contributed by atoms with Crippen molar-refractivity contribution in [1.82, 2.24) is 0 Å². The minimum Gasteiger partial charge on any atom is -0.478 e. The van der Waals surface area contributed by atoms with E-state index in [2.05, 4.69) is 5.32 Å². The Labute approximate surface area is 167 Å². The Hall–Kier alpha value is -3.86. The summed E-state index contributed by atoms with van der Waals surface area (Å²) in [6.07, 6.45) is 0. The molecule has 1 heterocycles. The smallest absolute Gasteiger partial charge is 0.337 e. The first kappa shape index (κ1) is 18.5. The van der Waals surface area contributed by atoms with E-state index in [1.165, 1.54) is 6.07 Å². The van der Waals surface area contributed by atoms with Crippen LogP contribution in [0, 0.1) is 13.8 Å². The topological polar surface area (TPSA) is 79.5 Å². The number of rotatable bonds is 4. The quantitative estimate of drug-likeness (QED) is 0.474. The number of furan rings is 1. The van der Waals surface area contributed by atoms with Crippen LogP contribution < -0.4 is 5.32 Å². The zero-order valence-corrected chi connectivity index (χ0v) is 16.0. The number of aryl methyl sites for hydroxylation is 1. The number of nitrogens with one attached hydrogen (secondary N) is 1. The summed E-state index contributed by atoms with van der Waals surface area (Å²) in [5.74, 6) is -0.998. The first-order valence-electron chi connectivity index (χ1n) is 9.18. The van der Waals surface area contributed by atoms with Crippen LogP contribution in [-0.2, 0) is 0 Å². The summed E-state index contributed by atoms with van der Waals surface area (Å²) < 4.78 is 5.92. The Morgan fingerprint density at radius 1 is 0.897 bits per heavy atom. The third-order valence-electron chi connectivity index (χ3n) is 5.07. The molecule has 144 valence electrons. The van der Waals surface area contributed by atoms with Crippen LogP contribution in [0.1, 0.15) is 31.8 Å². The largest absolute Gasteiger partial charge is 0.478 e. The van der Waals surface area contributed by atoms with Crippen LogP contribution in [0.25, 0.3) is 22.3 Å². The van der Waals surface area contributed by atoms with Gasteiger partial charge in [-0.15, -0.1) is 0 Å². The fourth-order valence-corrected chi connectivity index (χ4v) is 3.36. The first-order chi connectivity index (χ1) is 14.0. The molecule has 0 saturated heterocycles. The van der Waals surface area contributed by atoms with Crippen molar-refractivity contribution in [2.45, 2.75) is 13.8 Å². The van der Waals surface area contributed by atoms with Crippen molar-refractivity contribution in [3.63, 3.8) is 0 Å². The van der Waals surface area contributed by atoms with Gasteiger partial charge in [-0.2, -0.15) is 0 Å². The van der Waals surface area contributed by atoms with Gasteiger partial charge in [0.1, 0.15) is 11.3 Å². The highest BCUT2D eigenvalue weighted by Crippen LogP contribution is 2.35. The fourth-order valence-electron chi connectivity index (χ4n) is 3.36. The lowest BCUT2D eigenvalue weighted by Crippen LogP contribution is -2.17. The maximum absolute atomic E-state index is 13.0. The molecular formula is C24H19NO4. The van der Waals surface area contributed by atoms with Crippen molar-refractivity contribution in [3.05, 3.63) is 89.0 Å². The van der Waals surface area contributed by atoms with Gasteiger partial charge in [-0.25, -0.2) is 4.79 Å². The Bertz CT molecular complexity index is 1220. The van der Waals surface area contributed by atoms with Gasteiger partial charge in [0.25, 0.3) is 5.91 Å². The number of anilines is 1. The molecule has 5 heteroatoms. The van der Waals surface area contributed by atoms with Gasteiger partial charge < -0.3 is 14.8 Å². The van der Waals surface area contributed by atoms with Crippen LogP contribution in [0.5, 0.6) is 0 Å². The molecule has 0 aliphatic carbocycles. The second-order valence-electron chi connectivity index (χ2n) is 6.88. The maximum atomic E-state index is 13.0. The van der Waals surface area contributed by atoms with E-state index in [1.54, 1.807) is 24.3 Å². The SMILES string of the molecule is Cc1cccc(C(=O)Nc2c(C(=O)O)cccc2-c2cc3ccccc3o2)c1C. The fraction of sp³-hybridized carbons (Fsp3) is 0.0833. The lowest BCUT2D eigenvalue weighted by atomic mass is 10.0. The standard InChI is InChI=1S/C24H19NO4/c1-14-7-5-9-17(15(14)2)23(26)25-22-18(10-6-11-19(22)24(27)28)21-13-16-8-3-4-12-20(16)29-21/h3-13H,1-2H3,(H,25,26)(H,27,28). The molecule has 0 bridgehead atoms. The summed E-state index contributed by atoms with van der Waals surface area (Å²) in [6.45, 7) is 3.80. The zero-order chi connectivity index (χ0) is 20.5. The Kier molecular flexibility index (Phi) is 4.64. The molecular weight excluding hydrogens is 366 g/mol. The maximum Gasteiger partial charge on any atom is 0.337 e. The molecule has 4 rings (SSSR count). The number of carbonyl (C=O) groups excluding carboxylic acids is 1. The highest BCUT2D eigenvalue weighted by molar-refractivity contribution is 6.11. The summed E-state index contributed by atoms with van der Waals surface area (Å²) in [4.78, 5) is 24.8. The lowest BCUT2D eigenvalue weighted by Gasteiger charge is -2.14. The average molecular weight is 385 g/mol. The van der Waals surface area contributed by atoms with Crippen molar-refractivity contribution >= 4 is 28.5 Å². The third kappa shape index (κ3) is 3.38. The van der Waals surface area contributed by atoms with Crippen LogP contribution in [0.15, 0.2) is 71.1 Å². The van der Waals surface area contributed by atoms with Gasteiger partial charge >= 0.3 is 5.97 Å². The van der Waals surface area contributed by atoms with E-state index in [9.17, 15) is 14.7 Å². The number of hydrogen-bond acceptors (Lipinski definition) is 3. The molecule has 0 aliphatic rings. The van der Waals surface area contributed by atoms with Crippen LogP contribution in [0.2, 0.25) is 0 Å². The predicted molar refractivity (Wildman–Crippen MR) is 112 cm³/mol. The summed E-state index contributed by atoms with van der Waals surface area (Å²) in [6, 6.07) is 19.7. The first-order valence-corrected chi connectivity index (χ1v) is 9.18. The van der Waals surface area contributed by atoms with Crippen molar-refractivity contribution in [2.75, 3.05) is 5.32 Å². The van der Waals surface area contributed by atoms with E-state index in [4.69, 9.17) is 4.42 Å². The number of carbonyl (C=O) groups is 2. The van der Waals surface area contributed by atoms with Crippen molar-refractivity contribution in [3.8, 4) is 11.3 Å². The number of amides is 1. The van der Waals surface area contributed by atoms with Gasteiger partial charge in [0.2, 0.25) is 0 Å². The Morgan fingerprint density at radius 2 is 1.62 bits per heavy atom. The molecule has 1 amide bonds. The molecule has 0 saturated carbocycles. The highest BCUT2D eigenvalue weighted by atomic mass is 16.4. The van der Waals surface area contributed by atoms with E-state index in [-0.39, 0.29) is 17.2 Å². The Balaban J connectivity index is 1.84. The summed E-state index contributed by atoms with van der Waals surface area (Å²) in [5.41, 5.74) is 3.76. The monoisotopic (exact) mass is 385 g/mol. The average Bonchev–Trinajstić information content (AvgIpc) is 3.14. The molecule has 0 aliphatic heterocycles. The van der Waals surface area contributed by atoms with Crippen LogP contribution in [0.3, 0.4) is 0 Å². The van der Waals surface area contributed by atoms with Crippen LogP contribution >= 0.6 is 0 Å². The highest BCUT2D eigenvalue weighted by Gasteiger charge is 2.21. The van der Waals surface area contributed by atoms with Gasteiger partial charge in [-0.1, -0.05) is 36.4 Å². The predicted octanol–water partition coefficient (Wildman–Crippen LogP) is 5.67. The molecule has 2 N–H and O–H groups in total. The van der Waals surface area contributed by atoms with Gasteiger partial charge in [-0.05, 0) is 55.3 Å². The molecule has 5 nitrogen and oxygen atoms in total. The zero-order valence-electron chi connectivity index (χ0n) is 16.0. The number of para-hydroxylation sites is 2. The normalized spacial score (nSPS) is 10.8. The van der Waals surface area contributed by atoms with E-state index in [1.807, 2.05) is 50.2 Å². The van der Waals surface area contributed by atoms with E-state index < -0.39 is 5.97 Å². The van der Waals surface area contributed by atoms with Crippen molar-refractivity contribution < 1.29 is 19.1 Å². The van der Waals surface area contributed by atoms with Gasteiger partial charge in [0, 0.05) is 16.5 Å². The van der Waals surface area contributed by atoms with E-state index >= 15 is 0 Å². The number of carboxylic acids is 1. The van der Waals surface area contributed by atoms with Gasteiger partial charge in [0.05, 0.1) is 11.3 Å². The Morgan fingerprint density at radius 3 is 2.38 bits per heavy atom. The summed E-state index contributed by atoms with van der Waals surface area (Å²) >= 11 is 0. The molecule has 0 atom stereocenters. The van der Waals surface area contributed by atoms with Crippen LogP contribution in [0.4, 0.5) is 5.69 Å². The van der Waals surface area contributed by atoms with Crippen molar-refractivity contribution in [1.29, 1.82) is 0 Å². The lowest BCUT2D eigenvalue weighted by molar-refractivity contribution is 0.0698. The molecule has 1 aromatic heterocycles. The minimum absolute atomic E-state index is 0.00149. The van der Waals surface area contributed by atoms with Gasteiger partial charge in [0.15, 0.2) is 0 Å². The number of fused-ring (bicyclic) bond motifs is 1. The number of carboxylic acid groups (broad SMARTS) is 1. The summed E-state index contributed by atoms with van der Waals surface area (Å²) in [7, 11) is 0. The number of benzene rings is 3. The van der Waals surface area contributed by atoms with Crippen LogP contribution in [-0.4, -0.2) is 17.0 Å². The van der Waals surface area contributed by atoms with Crippen molar-refractivity contribution in [2.24, 2.45) is 0 Å². The summed E-state index contributed by atoms with van der Waals surface area (Å²) in [5, 5.41) is 13.4. The molecule has 0 fully saturated rings. The minimum atomic E-state index is -1.13. The number of hydrogen-bond donors (Lipinski definition) is 2. The number of aromatic carboxylic acids is 1. The molecule has 0 spiro atoms. The van der Waals surface area contributed by atoms with E-state index in [0.29, 0.717) is 22.5 Å². The third-order valence-corrected chi connectivity index (χ3v) is 5.07.